The molecular formula is C16H12Cl2O3. The standard InChI is InChI=1S/C16H12Cl2O3/c1-21-15-5-3-2-4-13(15)14(9-16(19)20)10-6-11(17)8-12(18)7-10/h2-9H,1H3,(H,19,20). The molecule has 0 fully saturated rings. The molecule has 2 aromatic carbocycles. The summed E-state index contributed by atoms with van der Waals surface area (Å²) in [5.41, 5.74) is 1.74. The largest absolute Gasteiger partial charge is 0.496 e. The molecule has 0 aromatic heterocycles. The van der Waals surface area contributed by atoms with Crippen molar-refractivity contribution in [1.82, 2.24) is 0 Å². The highest BCUT2D eigenvalue weighted by Gasteiger charge is 2.13. The van der Waals surface area contributed by atoms with Crippen molar-refractivity contribution in [3.8, 4) is 5.75 Å². The van der Waals surface area contributed by atoms with Crippen molar-refractivity contribution < 1.29 is 14.6 Å². The number of carboxylic acids is 1. The Hall–Kier alpha value is -1.97. The summed E-state index contributed by atoms with van der Waals surface area (Å²) in [6.45, 7) is 0. The van der Waals surface area contributed by atoms with E-state index in [2.05, 4.69) is 0 Å². The highest BCUT2D eigenvalue weighted by molar-refractivity contribution is 6.35. The summed E-state index contributed by atoms with van der Waals surface area (Å²) in [7, 11) is 1.53. The van der Waals surface area contributed by atoms with Crippen LogP contribution < -0.4 is 4.74 Å². The van der Waals surface area contributed by atoms with E-state index in [9.17, 15) is 4.79 Å². The second kappa shape index (κ2) is 6.66. The molecule has 0 amide bonds. The van der Waals surface area contributed by atoms with E-state index in [-0.39, 0.29) is 0 Å². The first-order valence-electron chi connectivity index (χ1n) is 6.05. The van der Waals surface area contributed by atoms with Crippen LogP contribution >= 0.6 is 23.2 Å². The van der Waals surface area contributed by atoms with Crippen molar-refractivity contribution in [2.75, 3.05) is 7.11 Å². The molecule has 0 bridgehead atoms. The summed E-state index contributed by atoms with van der Waals surface area (Å²) >= 11 is 12.0. The Morgan fingerprint density at radius 3 is 2.33 bits per heavy atom. The third-order valence-electron chi connectivity index (χ3n) is 2.84. The second-order valence-electron chi connectivity index (χ2n) is 4.25. The molecule has 5 heteroatoms. The van der Waals surface area contributed by atoms with Gasteiger partial charge in [0.2, 0.25) is 0 Å². The van der Waals surface area contributed by atoms with E-state index in [1.165, 1.54) is 7.11 Å². The minimum atomic E-state index is -1.06. The van der Waals surface area contributed by atoms with Gasteiger partial charge in [0.15, 0.2) is 0 Å². The number of rotatable bonds is 4. The van der Waals surface area contributed by atoms with Crippen LogP contribution in [0, 0.1) is 0 Å². The second-order valence-corrected chi connectivity index (χ2v) is 5.13. The van der Waals surface area contributed by atoms with Crippen molar-refractivity contribution in [3.05, 3.63) is 69.7 Å². The fraction of sp³-hybridized carbons (Fsp3) is 0.0625. The molecule has 0 saturated carbocycles. The number of aliphatic carboxylic acids is 1. The summed E-state index contributed by atoms with van der Waals surface area (Å²) in [5.74, 6) is -0.492. The molecule has 1 N–H and O–H groups in total. The molecule has 0 heterocycles. The average molecular weight is 323 g/mol. The maximum atomic E-state index is 11.1. The molecule has 0 aliphatic heterocycles. The smallest absolute Gasteiger partial charge is 0.328 e. The van der Waals surface area contributed by atoms with Gasteiger partial charge in [-0.15, -0.1) is 0 Å². The summed E-state index contributed by atoms with van der Waals surface area (Å²) in [6.07, 6.45) is 1.11. The number of benzene rings is 2. The lowest BCUT2D eigenvalue weighted by atomic mass is 9.96. The SMILES string of the molecule is COc1ccccc1C(=CC(=O)O)c1cc(Cl)cc(Cl)c1. The van der Waals surface area contributed by atoms with Crippen LogP contribution in [0.2, 0.25) is 10.0 Å². The quantitative estimate of drug-likeness (QED) is 0.842. The Morgan fingerprint density at radius 2 is 1.76 bits per heavy atom. The summed E-state index contributed by atoms with van der Waals surface area (Å²) in [4.78, 5) is 11.1. The lowest BCUT2D eigenvalue weighted by molar-refractivity contribution is -0.131. The lowest BCUT2D eigenvalue weighted by Crippen LogP contribution is -1.97. The fourth-order valence-corrected chi connectivity index (χ4v) is 2.54. The van der Waals surface area contributed by atoms with Gasteiger partial charge in [0, 0.05) is 21.7 Å². The summed E-state index contributed by atoms with van der Waals surface area (Å²) < 4.78 is 5.29. The Labute approximate surface area is 132 Å². The van der Waals surface area contributed by atoms with Gasteiger partial charge in [-0.3, -0.25) is 0 Å². The van der Waals surface area contributed by atoms with Crippen LogP contribution in [0.15, 0.2) is 48.5 Å². The predicted molar refractivity (Wildman–Crippen MR) is 84.2 cm³/mol. The first-order chi connectivity index (χ1) is 10.0. The fourth-order valence-electron chi connectivity index (χ4n) is 2.02. The molecule has 0 unspecified atom stereocenters. The van der Waals surface area contributed by atoms with Gasteiger partial charge in [0.1, 0.15) is 5.75 Å². The minimum Gasteiger partial charge on any atom is -0.496 e. The van der Waals surface area contributed by atoms with Gasteiger partial charge < -0.3 is 9.84 Å². The van der Waals surface area contributed by atoms with Gasteiger partial charge in [-0.05, 0) is 35.4 Å². The predicted octanol–water partition coefficient (Wildman–Crippen LogP) is 4.52. The van der Waals surface area contributed by atoms with Crippen molar-refractivity contribution in [2.24, 2.45) is 0 Å². The zero-order valence-corrected chi connectivity index (χ0v) is 12.7. The van der Waals surface area contributed by atoms with Crippen LogP contribution in [-0.4, -0.2) is 18.2 Å². The number of carboxylic acid groups (broad SMARTS) is 1. The van der Waals surface area contributed by atoms with E-state index in [4.69, 9.17) is 33.0 Å². The van der Waals surface area contributed by atoms with Gasteiger partial charge in [-0.2, -0.15) is 0 Å². The van der Waals surface area contributed by atoms with E-state index < -0.39 is 5.97 Å². The minimum absolute atomic E-state index is 0.434. The summed E-state index contributed by atoms with van der Waals surface area (Å²) in [6, 6.07) is 12.1. The Morgan fingerprint density at radius 1 is 1.14 bits per heavy atom. The van der Waals surface area contributed by atoms with Crippen molar-refractivity contribution in [3.63, 3.8) is 0 Å². The molecule has 0 radical (unpaired) electrons. The first kappa shape index (κ1) is 15.4. The van der Waals surface area contributed by atoms with Gasteiger partial charge in [-0.25, -0.2) is 4.79 Å². The number of methoxy groups -OCH3 is 1. The number of para-hydroxylation sites is 1. The Kier molecular flexibility index (Phi) is 4.89. The maximum absolute atomic E-state index is 11.1. The number of halogens is 2. The Bertz CT molecular complexity index is 688. The van der Waals surface area contributed by atoms with Gasteiger partial charge >= 0.3 is 5.97 Å². The molecule has 0 aliphatic rings. The highest BCUT2D eigenvalue weighted by Crippen LogP contribution is 2.33. The number of hydrogen-bond donors (Lipinski definition) is 1. The first-order valence-corrected chi connectivity index (χ1v) is 6.81. The molecule has 3 nitrogen and oxygen atoms in total. The number of carbonyl (C=O) groups is 1. The van der Waals surface area contributed by atoms with Crippen LogP contribution in [0.5, 0.6) is 5.75 Å². The van der Waals surface area contributed by atoms with Gasteiger partial charge in [0.25, 0.3) is 0 Å². The van der Waals surface area contributed by atoms with Crippen molar-refractivity contribution in [1.29, 1.82) is 0 Å². The van der Waals surface area contributed by atoms with E-state index in [1.807, 2.05) is 6.07 Å². The topological polar surface area (TPSA) is 46.5 Å². The third-order valence-corrected chi connectivity index (χ3v) is 3.27. The van der Waals surface area contributed by atoms with Gasteiger partial charge in [0.05, 0.1) is 7.11 Å². The van der Waals surface area contributed by atoms with Gasteiger partial charge in [-0.1, -0.05) is 41.4 Å². The normalized spacial score (nSPS) is 11.3. The van der Waals surface area contributed by atoms with Crippen molar-refractivity contribution in [2.45, 2.75) is 0 Å². The average Bonchev–Trinajstić information content (AvgIpc) is 2.43. The van der Waals surface area contributed by atoms with Crippen LogP contribution in [0.25, 0.3) is 5.57 Å². The molecular weight excluding hydrogens is 311 g/mol. The summed E-state index contributed by atoms with van der Waals surface area (Å²) in [5, 5.41) is 9.99. The van der Waals surface area contributed by atoms with E-state index in [1.54, 1.807) is 36.4 Å². The van der Waals surface area contributed by atoms with Crippen LogP contribution in [0.1, 0.15) is 11.1 Å². The zero-order chi connectivity index (χ0) is 15.4. The molecule has 0 spiro atoms. The number of hydrogen-bond acceptors (Lipinski definition) is 2. The molecule has 108 valence electrons. The van der Waals surface area contributed by atoms with Crippen LogP contribution in [0.4, 0.5) is 0 Å². The molecule has 0 aliphatic carbocycles. The van der Waals surface area contributed by atoms with E-state index >= 15 is 0 Å². The van der Waals surface area contributed by atoms with E-state index in [0.29, 0.717) is 32.5 Å². The maximum Gasteiger partial charge on any atom is 0.328 e. The molecule has 0 atom stereocenters. The number of ether oxygens (including phenoxy) is 1. The van der Waals surface area contributed by atoms with Crippen LogP contribution in [0.3, 0.4) is 0 Å². The lowest BCUT2D eigenvalue weighted by Gasteiger charge is -2.13. The molecule has 2 rings (SSSR count). The third kappa shape index (κ3) is 3.78. The molecule has 0 saturated heterocycles. The molecule has 21 heavy (non-hydrogen) atoms. The monoisotopic (exact) mass is 322 g/mol. The molecule has 2 aromatic rings. The highest BCUT2D eigenvalue weighted by atomic mass is 35.5. The Balaban J connectivity index is 2.67. The zero-order valence-electron chi connectivity index (χ0n) is 11.1. The van der Waals surface area contributed by atoms with Crippen molar-refractivity contribution >= 4 is 34.7 Å². The van der Waals surface area contributed by atoms with E-state index in [0.717, 1.165) is 6.08 Å². The van der Waals surface area contributed by atoms with Crippen LogP contribution in [-0.2, 0) is 4.79 Å².